The minimum atomic E-state index is 0.706. The second kappa shape index (κ2) is 5.53. The van der Waals surface area contributed by atoms with Gasteiger partial charge in [0.15, 0.2) is 0 Å². The number of anilines is 1. The van der Waals surface area contributed by atoms with E-state index in [0.29, 0.717) is 5.02 Å². The van der Waals surface area contributed by atoms with Gasteiger partial charge in [-0.2, -0.15) is 0 Å². The molecular weight excluding hydrogens is 276 g/mol. The Kier molecular flexibility index (Phi) is 3.78. The summed E-state index contributed by atoms with van der Waals surface area (Å²) >= 11 is 7.77. The van der Waals surface area contributed by atoms with Crippen molar-refractivity contribution < 1.29 is 0 Å². The van der Waals surface area contributed by atoms with Crippen LogP contribution in [-0.2, 0) is 13.1 Å². The lowest BCUT2D eigenvalue weighted by Crippen LogP contribution is -2.25. The zero-order valence-corrected chi connectivity index (χ0v) is 12.3. The molecule has 1 aliphatic carbocycles. The highest BCUT2D eigenvalue weighted by Crippen LogP contribution is 2.31. The van der Waals surface area contributed by atoms with Crippen LogP contribution in [0.5, 0.6) is 0 Å². The number of benzene rings is 1. The highest BCUT2D eigenvalue weighted by Gasteiger charge is 2.29. The minimum Gasteiger partial charge on any atom is -0.398 e. The average Bonchev–Trinajstić information content (AvgIpc) is 3.10. The van der Waals surface area contributed by atoms with Crippen molar-refractivity contribution in [2.75, 3.05) is 5.73 Å². The molecular formula is C15H17ClN2S. The molecule has 0 aliphatic heterocycles. The van der Waals surface area contributed by atoms with E-state index >= 15 is 0 Å². The van der Waals surface area contributed by atoms with Gasteiger partial charge in [0.05, 0.1) is 0 Å². The molecule has 1 fully saturated rings. The van der Waals surface area contributed by atoms with E-state index in [1.54, 1.807) is 0 Å². The Morgan fingerprint density at radius 1 is 1.26 bits per heavy atom. The zero-order chi connectivity index (χ0) is 13.2. The molecule has 3 rings (SSSR count). The molecule has 19 heavy (non-hydrogen) atoms. The maximum Gasteiger partial charge on any atom is 0.0426 e. The number of thiophene rings is 1. The number of halogens is 1. The number of nitrogen functional groups attached to an aromatic ring is 1. The maximum absolute atomic E-state index is 6.06. The Morgan fingerprint density at radius 2 is 2.11 bits per heavy atom. The summed E-state index contributed by atoms with van der Waals surface area (Å²) < 4.78 is 0. The van der Waals surface area contributed by atoms with Gasteiger partial charge in [-0.3, -0.25) is 4.90 Å². The predicted molar refractivity (Wildman–Crippen MR) is 82.5 cm³/mol. The Labute approximate surface area is 122 Å². The number of hydrogen-bond donors (Lipinski definition) is 1. The van der Waals surface area contributed by atoms with Gasteiger partial charge in [0, 0.05) is 34.7 Å². The summed E-state index contributed by atoms with van der Waals surface area (Å²) in [6.07, 6.45) is 2.61. The summed E-state index contributed by atoms with van der Waals surface area (Å²) in [7, 11) is 0. The first-order valence-electron chi connectivity index (χ1n) is 6.53. The number of nitrogens with two attached hydrogens (primary N) is 1. The number of rotatable bonds is 5. The molecule has 0 atom stereocenters. The number of hydrogen-bond acceptors (Lipinski definition) is 3. The van der Waals surface area contributed by atoms with E-state index in [2.05, 4.69) is 22.4 Å². The van der Waals surface area contributed by atoms with Crippen LogP contribution in [-0.4, -0.2) is 10.9 Å². The summed E-state index contributed by atoms with van der Waals surface area (Å²) in [6.45, 7) is 1.93. The average molecular weight is 293 g/mol. The summed E-state index contributed by atoms with van der Waals surface area (Å²) in [5.41, 5.74) is 8.02. The molecule has 2 N–H and O–H groups in total. The topological polar surface area (TPSA) is 29.3 Å². The van der Waals surface area contributed by atoms with Gasteiger partial charge in [-0.25, -0.2) is 0 Å². The van der Waals surface area contributed by atoms with Crippen LogP contribution in [0.1, 0.15) is 23.3 Å². The standard InChI is InChI=1S/C15H17ClN2S/c16-12-4-3-11(15(17)8-12)9-18(13-5-6-13)10-14-2-1-7-19-14/h1-4,7-8,13H,5-6,9-10,17H2. The molecule has 1 aromatic heterocycles. The van der Waals surface area contributed by atoms with Crippen LogP contribution in [0.3, 0.4) is 0 Å². The summed E-state index contributed by atoms with van der Waals surface area (Å²) in [5, 5.41) is 2.84. The van der Waals surface area contributed by atoms with Crippen molar-refractivity contribution in [2.45, 2.75) is 32.0 Å². The van der Waals surface area contributed by atoms with Gasteiger partial charge in [-0.15, -0.1) is 11.3 Å². The first-order chi connectivity index (χ1) is 9.22. The Bertz CT molecular complexity index is 549. The fourth-order valence-electron chi connectivity index (χ4n) is 2.29. The first-order valence-corrected chi connectivity index (χ1v) is 7.78. The van der Waals surface area contributed by atoms with Crippen molar-refractivity contribution in [1.82, 2.24) is 4.90 Å². The van der Waals surface area contributed by atoms with Gasteiger partial charge in [0.1, 0.15) is 0 Å². The quantitative estimate of drug-likeness (QED) is 0.839. The van der Waals surface area contributed by atoms with E-state index in [0.717, 1.165) is 24.8 Å². The lowest BCUT2D eigenvalue weighted by molar-refractivity contribution is 0.248. The fourth-order valence-corrected chi connectivity index (χ4v) is 3.20. The van der Waals surface area contributed by atoms with E-state index in [9.17, 15) is 0 Å². The van der Waals surface area contributed by atoms with E-state index in [1.807, 2.05) is 29.5 Å². The largest absolute Gasteiger partial charge is 0.398 e. The highest BCUT2D eigenvalue weighted by molar-refractivity contribution is 7.09. The highest BCUT2D eigenvalue weighted by atomic mass is 35.5. The van der Waals surface area contributed by atoms with Gasteiger partial charge in [0.2, 0.25) is 0 Å². The molecule has 1 aromatic carbocycles. The van der Waals surface area contributed by atoms with Crippen molar-refractivity contribution in [3.05, 3.63) is 51.2 Å². The van der Waals surface area contributed by atoms with Gasteiger partial charge >= 0.3 is 0 Å². The van der Waals surface area contributed by atoms with E-state index in [4.69, 9.17) is 17.3 Å². The van der Waals surface area contributed by atoms with Crippen molar-refractivity contribution in [1.29, 1.82) is 0 Å². The molecule has 0 saturated heterocycles. The van der Waals surface area contributed by atoms with Crippen molar-refractivity contribution >= 4 is 28.6 Å². The van der Waals surface area contributed by atoms with Crippen LogP contribution in [0, 0.1) is 0 Å². The second-order valence-corrected chi connectivity index (χ2v) is 6.53. The number of nitrogens with zero attached hydrogens (tertiary/aromatic N) is 1. The smallest absolute Gasteiger partial charge is 0.0426 e. The summed E-state index contributed by atoms with van der Waals surface area (Å²) in [4.78, 5) is 3.94. The van der Waals surface area contributed by atoms with Crippen LogP contribution in [0.2, 0.25) is 5.02 Å². The van der Waals surface area contributed by atoms with Crippen LogP contribution in [0.4, 0.5) is 5.69 Å². The van der Waals surface area contributed by atoms with Crippen molar-refractivity contribution in [3.8, 4) is 0 Å². The minimum absolute atomic E-state index is 0.706. The summed E-state index contributed by atoms with van der Waals surface area (Å²) in [5.74, 6) is 0. The molecule has 0 spiro atoms. The van der Waals surface area contributed by atoms with Crippen LogP contribution in [0.15, 0.2) is 35.7 Å². The van der Waals surface area contributed by atoms with Crippen molar-refractivity contribution in [3.63, 3.8) is 0 Å². The third-order valence-electron chi connectivity index (χ3n) is 3.48. The monoisotopic (exact) mass is 292 g/mol. The molecule has 1 heterocycles. The molecule has 100 valence electrons. The molecule has 0 unspecified atom stereocenters. The van der Waals surface area contributed by atoms with E-state index in [1.165, 1.54) is 23.3 Å². The fraction of sp³-hybridized carbons (Fsp3) is 0.333. The Hall–Kier alpha value is -1.03. The Balaban J connectivity index is 1.74. The second-order valence-electron chi connectivity index (χ2n) is 5.06. The third kappa shape index (κ3) is 3.30. The molecule has 0 radical (unpaired) electrons. The van der Waals surface area contributed by atoms with Gasteiger partial charge < -0.3 is 5.73 Å². The van der Waals surface area contributed by atoms with Crippen LogP contribution >= 0.6 is 22.9 Å². The Morgan fingerprint density at radius 3 is 2.74 bits per heavy atom. The lowest BCUT2D eigenvalue weighted by Gasteiger charge is -2.22. The van der Waals surface area contributed by atoms with Crippen LogP contribution < -0.4 is 5.73 Å². The summed E-state index contributed by atoms with van der Waals surface area (Å²) in [6, 6.07) is 10.8. The predicted octanol–water partition coefficient (Wildman–Crippen LogP) is 4.15. The molecule has 4 heteroatoms. The van der Waals surface area contributed by atoms with Gasteiger partial charge in [-0.1, -0.05) is 23.7 Å². The van der Waals surface area contributed by atoms with Crippen molar-refractivity contribution in [2.24, 2.45) is 0 Å². The van der Waals surface area contributed by atoms with E-state index < -0.39 is 0 Å². The molecule has 1 saturated carbocycles. The third-order valence-corrected chi connectivity index (χ3v) is 4.58. The molecule has 2 nitrogen and oxygen atoms in total. The molecule has 1 aliphatic rings. The van der Waals surface area contributed by atoms with E-state index in [-0.39, 0.29) is 0 Å². The zero-order valence-electron chi connectivity index (χ0n) is 10.7. The maximum atomic E-state index is 6.06. The molecule has 2 aromatic rings. The van der Waals surface area contributed by atoms with Gasteiger partial charge in [0.25, 0.3) is 0 Å². The van der Waals surface area contributed by atoms with Crippen LogP contribution in [0.25, 0.3) is 0 Å². The first kappa shape index (κ1) is 13.0. The molecule has 0 amide bonds. The molecule has 0 bridgehead atoms. The normalized spacial score (nSPS) is 15.1. The SMILES string of the molecule is Nc1cc(Cl)ccc1CN(Cc1cccs1)C1CC1. The van der Waals surface area contributed by atoms with Gasteiger partial charge in [-0.05, 0) is 42.0 Å². The lowest BCUT2D eigenvalue weighted by atomic mass is 10.1.